The van der Waals surface area contributed by atoms with E-state index in [2.05, 4.69) is 26.7 Å². The number of aromatic nitrogens is 2. The van der Waals surface area contributed by atoms with Gasteiger partial charge in [0, 0.05) is 56.0 Å². The maximum Gasteiger partial charge on any atom is 0.272 e. The van der Waals surface area contributed by atoms with Crippen molar-refractivity contribution in [3.05, 3.63) is 46.9 Å². The van der Waals surface area contributed by atoms with E-state index in [4.69, 9.17) is 11.6 Å². The molecule has 2 saturated heterocycles. The van der Waals surface area contributed by atoms with Gasteiger partial charge in [-0.3, -0.25) is 4.79 Å². The van der Waals surface area contributed by atoms with Crippen LogP contribution in [0.1, 0.15) is 35.3 Å². The van der Waals surface area contributed by atoms with Crippen molar-refractivity contribution in [3.8, 4) is 0 Å². The number of carbonyl (C=O) groups excluding carboxylic acids is 1. The van der Waals surface area contributed by atoms with E-state index < -0.39 is 0 Å². The van der Waals surface area contributed by atoms with Crippen LogP contribution in [0.3, 0.4) is 0 Å². The van der Waals surface area contributed by atoms with E-state index in [0.717, 1.165) is 42.7 Å². The molecule has 0 spiro atoms. The highest BCUT2D eigenvalue weighted by molar-refractivity contribution is 6.30. The van der Waals surface area contributed by atoms with Gasteiger partial charge in [-0.2, -0.15) is 0 Å². The highest BCUT2D eigenvalue weighted by Gasteiger charge is 2.25. The molecule has 0 bridgehead atoms. The topological polar surface area (TPSA) is 52.6 Å². The lowest BCUT2D eigenvalue weighted by molar-refractivity contribution is 0.0740. The van der Waals surface area contributed by atoms with E-state index in [1.165, 1.54) is 31.2 Å². The maximum absolute atomic E-state index is 13.0. The van der Waals surface area contributed by atoms with E-state index in [1.807, 2.05) is 29.2 Å². The zero-order valence-electron chi connectivity index (χ0n) is 16.3. The fraction of sp³-hybridized carbons (Fsp3) is 0.476. The molecular formula is C21H26ClN5O. The molecule has 0 radical (unpaired) electrons. The largest absolute Gasteiger partial charge is 0.368 e. The Labute approximate surface area is 171 Å². The van der Waals surface area contributed by atoms with Crippen LogP contribution in [0.25, 0.3) is 0 Å². The minimum Gasteiger partial charge on any atom is -0.368 e. The number of carbonyl (C=O) groups is 1. The second-order valence-corrected chi connectivity index (χ2v) is 7.96. The predicted molar refractivity (Wildman–Crippen MR) is 112 cm³/mol. The quantitative estimate of drug-likeness (QED) is 0.791. The van der Waals surface area contributed by atoms with Gasteiger partial charge in [0.15, 0.2) is 0 Å². The van der Waals surface area contributed by atoms with Crippen molar-refractivity contribution in [1.82, 2.24) is 14.9 Å². The van der Waals surface area contributed by atoms with Gasteiger partial charge in [0.05, 0.1) is 0 Å². The predicted octanol–water partition coefficient (Wildman–Crippen LogP) is 3.39. The number of aryl methyl sites for hydroxylation is 1. The van der Waals surface area contributed by atoms with Crippen LogP contribution in [0, 0.1) is 6.92 Å². The Kier molecular flexibility index (Phi) is 5.67. The Morgan fingerprint density at radius 3 is 2.43 bits per heavy atom. The monoisotopic (exact) mass is 399 g/mol. The number of anilines is 2. The summed E-state index contributed by atoms with van der Waals surface area (Å²) in [7, 11) is 0. The molecule has 148 valence electrons. The summed E-state index contributed by atoms with van der Waals surface area (Å²) < 4.78 is 0. The van der Waals surface area contributed by atoms with E-state index in [1.54, 1.807) is 0 Å². The molecule has 6 nitrogen and oxygen atoms in total. The van der Waals surface area contributed by atoms with Gasteiger partial charge in [-0.05, 0) is 43.9 Å². The second kappa shape index (κ2) is 8.35. The van der Waals surface area contributed by atoms with Gasteiger partial charge in [0.1, 0.15) is 17.8 Å². The SMILES string of the molecule is Cc1ccc(Cl)cc1N1CCN(C(=O)c2cc(N3CCCCC3)ncn2)CC1. The summed E-state index contributed by atoms with van der Waals surface area (Å²) in [6.45, 7) is 7.02. The minimum absolute atomic E-state index is 0.0110. The molecule has 1 amide bonds. The first kappa shape index (κ1) is 19.0. The van der Waals surface area contributed by atoms with E-state index >= 15 is 0 Å². The van der Waals surface area contributed by atoms with Gasteiger partial charge in [0.2, 0.25) is 0 Å². The Bertz CT molecular complexity index is 844. The number of halogens is 1. The minimum atomic E-state index is -0.0110. The molecule has 28 heavy (non-hydrogen) atoms. The van der Waals surface area contributed by atoms with Gasteiger partial charge in [-0.15, -0.1) is 0 Å². The molecule has 7 heteroatoms. The number of hydrogen-bond acceptors (Lipinski definition) is 5. The number of rotatable bonds is 3. The number of amides is 1. The third kappa shape index (κ3) is 4.07. The van der Waals surface area contributed by atoms with Crippen LogP contribution in [0.4, 0.5) is 11.5 Å². The molecule has 2 aliphatic rings. The standard InChI is InChI=1S/C21H26ClN5O/c1-16-5-6-17(22)13-19(16)25-9-11-27(12-10-25)21(28)18-14-20(24-15-23-18)26-7-3-2-4-8-26/h5-6,13-15H,2-4,7-12H2,1H3. The van der Waals surface area contributed by atoms with Crippen LogP contribution < -0.4 is 9.80 Å². The summed E-state index contributed by atoms with van der Waals surface area (Å²) in [6.07, 6.45) is 5.14. The maximum atomic E-state index is 13.0. The molecule has 2 fully saturated rings. The van der Waals surface area contributed by atoms with Crippen LogP contribution in [0.2, 0.25) is 5.02 Å². The average Bonchev–Trinajstić information content (AvgIpc) is 2.76. The van der Waals surface area contributed by atoms with Crippen molar-refractivity contribution in [2.45, 2.75) is 26.2 Å². The molecule has 3 heterocycles. The van der Waals surface area contributed by atoms with Crippen molar-refractivity contribution in [3.63, 3.8) is 0 Å². The highest BCUT2D eigenvalue weighted by Crippen LogP contribution is 2.26. The van der Waals surface area contributed by atoms with Gasteiger partial charge >= 0.3 is 0 Å². The number of piperazine rings is 1. The van der Waals surface area contributed by atoms with Crippen LogP contribution in [-0.4, -0.2) is 60.0 Å². The van der Waals surface area contributed by atoms with Gasteiger partial charge in [-0.1, -0.05) is 17.7 Å². The first-order chi connectivity index (χ1) is 13.6. The molecule has 0 unspecified atom stereocenters. The van der Waals surface area contributed by atoms with E-state index in [0.29, 0.717) is 18.8 Å². The average molecular weight is 400 g/mol. The first-order valence-corrected chi connectivity index (χ1v) is 10.4. The molecule has 0 aliphatic carbocycles. The Balaban J connectivity index is 1.42. The number of nitrogens with zero attached hydrogens (tertiary/aromatic N) is 5. The van der Waals surface area contributed by atoms with Crippen molar-refractivity contribution in [2.24, 2.45) is 0 Å². The van der Waals surface area contributed by atoms with Gasteiger partial charge in [-0.25, -0.2) is 9.97 Å². The summed E-state index contributed by atoms with van der Waals surface area (Å²) in [5.74, 6) is 0.856. The lowest BCUT2D eigenvalue weighted by Gasteiger charge is -2.36. The fourth-order valence-corrected chi connectivity index (χ4v) is 4.16. The van der Waals surface area contributed by atoms with Crippen molar-refractivity contribution in [2.75, 3.05) is 49.1 Å². The lowest BCUT2D eigenvalue weighted by atomic mass is 10.1. The van der Waals surface area contributed by atoms with E-state index in [-0.39, 0.29) is 5.91 Å². The van der Waals surface area contributed by atoms with Crippen LogP contribution in [0.15, 0.2) is 30.6 Å². The van der Waals surface area contributed by atoms with Crippen molar-refractivity contribution >= 4 is 29.0 Å². The normalized spacial score (nSPS) is 17.7. The van der Waals surface area contributed by atoms with Crippen LogP contribution in [0.5, 0.6) is 0 Å². The summed E-state index contributed by atoms with van der Waals surface area (Å²) in [5.41, 5.74) is 2.84. The van der Waals surface area contributed by atoms with Crippen molar-refractivity contribution < 1.29 is 4.79 Å². The zero-order valence-corrected chi connectivity index (χ0v) is 17.0. The molecule has 4 rings (SSSR count). The molecule has 0 atom stereocenters. The molecule has 0 saturated carbocycles. The second-order valence-electron chi connectivity index (χ2n) is 7.52. The Morgan fingerprint density at radius 1 is 0.929 bits per heavy atom. The third-order valence-corrected chi connectivity index (χ3v) is 5.87. The molecule has 0 N–H and O–H groups in total. The first-order valence-electron chi connectivity index (χ1n) is 9.99. The summed E-state index contributed by atoms with van der Waals surface area (Å²) >= 11 is 6.16. The molecule has 2 aliphatic heterocycles. The smallest absolute Gasteiger partial charge is 0.272 e. The molecular weight excluding hydrogens is 374 g/mol. The Morgan fingerprint density at radius 2 is 1.68 bits per heavy atom. The fourth-order valence-electron chi connectivity index (χ4n) is 4.00. The summed E-state index contributed by atoms with van der Waals surface area (Å²) in [5, 5.41) is 0.741. The zero-order chi connectivity index (χ0) is 19.5. The third-order valence-electron chi connectivity index (χ3n) is 5.63. The van der Waals surface area contributed by atoms with Gasteiger partial charge in [0.25, 0.3) is 5.91 Å². The molecule has 2 aromatic rings. The highest BCUT2D eigenvalue weighted by atomic mass is 35.5. The number of benzene rings is 1. The molecule has 1 aromatic heterocycles. The Hall–Kier alpha value is -2.34. The van der Waals surface area contributed by atoms with Crippen LogP contribution >= 0.6 is 11.6 Å². The number of hydrogen-bond donors (Lipinski definition) is 0. The van der Waals surface area contributed by atoms with E-state index in [9.17, 15) is 4.79 Å². The van der Waals surface area contributed by atoms with Gasteiger partial charge < -0.3 is 14.7 Å². The number of piperidine rings is 1. The van der Waals surface area contributed by atoms with Crippen molar-refractivity contribution in [1.29, 1.82) is 0 Å². The summed E-state index contributed by atoms with van der Waals surface area (Å²) in [6, 6.07) is 7.80. The lowest BCUT2D eigenvalue weighted by Crippen LogP contribution is -2.49. The van der Waals surface area contributed by atoms with Crippen LogP contribution in [-0.2, 0) is 0 Å². The molecule has 1 aromatic carbocycles. The summed E-state index contributed by atoms with van der Waals surface area (Å²) in [4.78, 5) is 28.0.